The van der Waals surface area contributed by atoms with Crippen molar-refractivity contribution < 1.29 is 9.47 Å². The van der Waals surface area contributed by atoms with Gasteiger partial charge in [0.1, 0.15) is 0 Å². The van der Waals surface area contributed by atoms with Gasteiger partial charge in [-0.15, -0.1) is 10.2 Å². The van der Waals surface area contributed by atoms with Crippen LogP contribution in [-0.2, 0) is 6.54 Å². The molecule has 0 fully saturated rings. The minimum absolute atomic E-state index is 0.467. The van der Waals surface area contributed by atoms with Gasteiger partial charge >= 0.3 is 0 Å². The fourth-order valence-electron chi connectivity index (χ4n) is 2.29. The molecule has 24 heavy (non-hydrogen) atoms. The van der Waals surface area contributed by atoms with E-state index in [0.717, 1.165) is 16.8 Å². The lowest BCUT2D eigenvalue weighted by Gasteiger charge is -2.15. The van der Waals surface area contributed by atoms with Gasteiger partial charge in [0, 0.05) is 23.3 Å². The van der Waals surface area contributed by atoms with Crippen molar-refractivity contribution >= 4 is 17.3 Å². The van der Waals surface area contributed by atoms with Crippen LogP contribution in [0, 0.1) is 0 Å². The molecule has 0 aliphatic heterocycles. The van der Waals surface area contributed by atoms with Crippen molar-refractivity contribution in [2.45, 2.75) is 6.54 Å². The lowest BCUT2D eigenvalue weighted by Crippen LogP contribution is -2.03. The number of ether oxygens (including phenoxy) is 2. The average Bonchev–Trinajstić information content (AvgIpc) is 3.15. The Kier molecular flexibility index (Phi) is 4.81. The van der Waals surface area contributed by atoms with Gasteiger partial charge < -0.3 is 14.8 Å². The zero-order chi connectivity index (χ0) is 16.9. The Labute approximate surface area is 143 Å². The van der Waals surface area contributed by atoms with Crippen molar-refractivity contribution in [3.8, 4) is 22.9 Å². The third-order valence-corrected chi connectivity index (χ3v) is 3.76. The van der Waals surface area contributed by atoms with Gasteiger partial charge in [0.2, 0.25) is 5.82 Å². The average molecular weight is 346 g/mol. The summed E-state index contributed by atoms with van der Waals surface area (Å²) in [5, 5.41) is 18.2. The highest BCUT2D eigenvalue weighted by atomic mass is 35.5. The Morgan fingerprint density at radius 2 is 1.79 bits per heavy atom. The van der Waals surface area contributed by atoms with Gasteiger partial charge in [-0.25, -0.2) is 0 Å². The number of methoxy groups -OCH3 is 2. The highest BCUT2D eigenvalue weighted by Gasteiger charge is 2.15. The number of hydrogen-bond donors (Lipinski definition) is 2. The molecule has 2 aromatic carbocycles. The van der Waals surface area contributed by atoms with E-state index < -0.39 is 0 Å². The molecule has 124 valence electrons. The molecule has 0 spiro atoms. The normalized spacial score (nSPS) is 10.5. The lowest BCUT2D eigenvalue weighted by molar-refractivity contribution is 0.355. The Morgan fingerprint density at radius 3 is 2.42 bits per heavy atom. The van der Waals surface area contributed by atoms with Gasteiger partial charge in [-0.3, -0.25) is 0 Å². The zero-order valence-electron chi connectivity index (χ0n) is 13.2. The molecular formula is C16H16ClN5O2. The molecule has 3 rings (SSSR count). The number of nitrogens with one attached hydrogen (secondary N) is 2. The first kappa shape index (κ1) is 16.1. The Bertz CT molecular complexity index is 806. The first-order valence-corrected chi connectivity index (χ1v) is 7.57. The number of rotatable bonds is 6. The van der Waals surface area contributed by atoms with Crippen molar-refractivity contribution in [3.05, 3.63) is 47.0 Å². The van der Waals surface area contributed by atoms with Crippen molar-refractivity contribution in [1.29, 1.82) is 0 Å². The van der Waals surface area contributed by atoms with E-state index in [9.17, 15) is 0 Å². The van der Waals surface area contributed by atoms with Gasteiger partial charge in [0.15, 0.2) is 11.5 Å². The van der Waals surface area contributed by atoms with E-state index in [1.54, 1.807) is 14.2 Å². The summed E-state index contributed by atoms with van der Waals surface area (Å²) >= 11 is 5.92. The van der Waals surface area contributed by atoms with Gasteiger partial charge in [-0.1, -0.05) is 23.7 Å². The van der Waals surface area contributed by atoms with Crippen molar-refractivity contribution in [2.24, 2.45) is 0 Å². The molecule has 0 aliphatic carbocycles. The number of nitrogens with zero attached hydrogens (tertiary/aromatic N) is 3. The second-order valence-electron chi connectivity index (χ2n) is 4.97. The number of H-pyrrole nitrogens is 1. The van der Waals surface area contributed by atoms with Crippen LogP contribution in [0.2, 0.25) is 5.02 Å². The molecule has 0 saturated heterocycles. The molecule has 0 unspecified atom stereocenters. The predicted octanol–water partition coefficient (Wildman–Crippen LogP) is 3.15. The van der Waals surface area contributed by atoms with Crippen LogP contribution in [0.1, 0.15) is 5.56 Å². The number of tetrazole rings is 1. The van der Waals surface area contributed by atoms with E-state index in [2.05, 4.69) is 25.9 Å². The summed E-state index contributed by atoms with van der Waals surface area (Å²) in [5.41, 5.74) is 2.66. The number of halogens is 1. The summed E-state index contributed by atoms with van der Waals surface area (Å²) in [6.07, 6.45) is 0. The van der Waals surface area contributed by atoms with Crippen LogP contribution in [0.15, 0.2) is 36.4 Å². The van der Waals surface area contributed by atoms with Crippen LogP contribution in [0.25, 0.3) is 11.4 Å². The summed E-state index contributed by atoms with van der Waals surface area (Å²) in [7, 11) is 3.17. The Hall–Kier alpha value is -2.80. The van der Waals surface area contributed by atoms with Crippen molar-refractivity contribution in [1.82, 2.24) is 20.6 Å². The standard InChI is InChI=1S/C16H16ClN5O2/c1-23-14-7-12(16-19-21-22-20-16)13(8-15(14)24-2)18-9-10-3-5-11(17)6-4-10/h3-8,18H,9H2,1-2H3,(H,19,20,21,22). The number of hydrogen-bond acceptors (Lipinski definition) is 6. The topological polar surface area (TPSA) is 85.0 Å². The summed E-state index contributed by atoms with van der Waals surface area (Å²) < 4.78 is 10.7. The van der Waals surface area contributed by atoms with Crippen LogP contribution >= 0.6 is 11.6 Å². The van der Waals surface area contributed by atoms with E-state index >= 15 is 0 Å². The molecule has 0 saturated carbocycles. The minimum Gasteiger partial charge on any atom is -0.493 e. The predicted molar refractivity (Wildman–Crippen MR) is 91.5 cm³/mol. The summed E-state index contributed by atoms with van der Waals surface area (Å²) in [6.45, 7) is 0.609. The molecule has 1 aromatic heterocycles. The SMILES string of the molecule is COc1cc(NCc2ccc(Cl)cc2)c(-c2nn[nH]n2)cc1OC. The summed E-state index contributed by atoms with van der Waals surface area (Å²) in [4.78, 5) is 0. The van der Waals surface area contributed by atoms with Crippen LogP contribution in [0.5, 0.6) is 11.5 Å². The van der Waals surface area contributed by atoms with Crippen LogP contribution in [0.3, 0.4) is 0 Å². The first-order chi connectivity index (χ1) is 11.7. The minimum atomic E-state index is 0.467. The third kappa shape index (κ3) is 3.41. The smallest absolute Gasteiger partial charge is 0.206 e. The fraction of sp³-hybridized carbons (Fsp3) is 0.188. The molecule has 0 bridgehead atoms. The first-order valence-electron chi connectivity index (χ1n) is 7.19. The molecule has 0 amide bonds. The number of benzene rings is 2. The Balaban J connectivity index is 1.93. The Morgan fingerprint density at radius 1 is 1.08 bits per heavy atom. The maximum Gasteiger partial charge on any atom is 0.206 e. The maximum atomic E-state index is 5.92. The van der Waals surface area contributed by atoms with Crippen LogP contribution < -0.4 is 14.8 Å². The largest absolute Gasteiger partial charge is 0.493 e. The maximum absolute atomic E-state index is 5.92. The molecule has 2 N–H and O–H groups in total. The molecular weight excluding hydrogens is 330 g/mol. The monoisotopic (exact) mass is 345 g/mol. The third-order valence-electron chi connectivity index (χ3n) is 3.51. The van der Waals surface area contributed by atoms with Crippen LogP contribution in [0.4, 0.5) is 5.69 Å². The number of aromatic amines is 1. The number of aromatic nitrogens is 4. The highest BCUT2D eigenvalue weighted by Crippen LogP contribution is 2.37. The fourth-order valence-corrected chi connectivity index (χ4v) is 2.41. The molecule has 1 heterocycles. The molecule has 3 aromatic rings. The second-order valence-corrected chi connectivity index (χ2v) is 5.40. The number of anilines is 1. The molecule has 0 radical (unpaired) electrons. The highest BCUT2D eigenvalue weighted by molar-refractivity contribution is 6.30. The lowest BCUT2D eigenvalue weighted by atomic mass is 10.1. The van der Waals surface area contributed by atoms with E-state index in [1.807, 2.05) is 36.4 Å². The quantitative estimate of drug-likeness (QED) is 0.714. The van der Waals surface area contributed by atoms with Gasteiger partial charge in [-0.05, 0) is 29.0 Å². The van der Waals surface area contributed by atoms with Gasteiger partial charge in [0.25, 0.3) is 0 Å². The molecule has 8 heteroatoms. The van der Waals surface area contributed by atoms with Crippen molar-refractivity contribution in [3.63, 3.8) is 0 Å². The molecule has 0 aliphatic rings. The summed E-state index contributed by atoms with van der Waals surface area (Å²) in [6, 6.07) is 11.3. The molecule has 0 atom stereocenters. The second kappa shape index (κ2) is 7.18. The van der Waals surface area contributed by atoms with E-state index in [-0.39, 0.29) is 0 Å². The van der Waals surface area contributed by atoms with Gasteiger partial charge in [-0.2, -0.15) is 5.21 Å². The summed E-state index contributed by atoms with van der Waals surface area (Å²) in [5.74, 6) is 1.67. The van der Waals surface area contributed by atoms with Gasteiger partial charge in [0.05, 0.1) is 19.8 Å². The molecule has 7 nitrogen and oxygen atoms in total. The van der Waals surface area contributed by atoms with Crippen LogP contribution in [-0.4, -0.2) is 34.8 Å². The van der Waals surface area contributed by atoms with E-state index in [0.29, 0.717) is 28.9 Å². The van der Waals surface area contributed by atoms with E-state index in [1.165, 1.54) is 0 Å². The van der Waals surface area contributed by atoms with Crippen molar-refractivity contribution in [2.75, 3.05) is 19.5 Å². The zero-order valence-corrected chi connectivity index (χ0v) is 14.0. The van der Waals surface area contributed by atoms with E-state index in [4.69, 9.17) is 21.1 Å².